The Morgan fingerprint density at radius 1 is 1.24 bits per heavy atom. The molecule has 0 bridgehead atoms. The van der Waals surface area contributed by atoms with Crippen LogP contribution in [0.3, 0.4) is 0 Å². The molecule has 1 unspecified atom stereocenters. The quantitative estimate of drug-likeness (QED) is 0.522. The number of nitriles is 1. The van der Waals surface area contributed by atoms with Crippen molar-refractivity contribution in [2.75, 3.05) is 42.5 Å². The van der Waals surface area contributed by atoms with E-state index in [1.54, 1.807) is 24.3 Å². The summed E-state index contributed by atoms with van der Waals surface area (Å²) in [7, 11) is -3.79. The number of alkyl halides is 1. The zero-order valence-electron chi connectivity index (χ0n) is 20.9. The summed E-state index contributed by atoms with van der Waals surface area (Å²) in [5.74, 6) is 0. The number of rotatable bonds is 8. The van der Waals surface area contributed by atoms with E-state index >= 15 is 0 Å². The molecule has 13 heteroatoms. The maximum atomic E-state index is 14.8. The smallest absolute Gasteiger partial charge is 0.304 e. The van der Waals surface area contributed by atoms with Crippen LogP contribution in [-0.2, 0) is 14.9 Å². The highest BCUT2D eigenvalue weighted by molar-refractivity contribution is 7.90. The highest BCUT2D eigenvalue weighted by Gasteiger charge is 2.42. The number of nitrogens with zero attached hydrogens (tertiary/aromatic N) is 5. The fraction of sp³-hybridized carbons (Fsp3) is 0.560. The molecular weight excluding hydrogens is 535 g/mol. The summed E-state index contributed by atoms with van der Waals surface area (Å²) in [4.78, 5) is 13.0. The normalized spacial score (nSPS) is 23.1. The molecule has 10 nitrogen and oxygen atoms in total. The summed E-state index contributed by atoms with van der Waals surface area (Å²) in [5.41, 5.74) is -0.758. The van der Waals surface area contributed by atoms with Crippen molar-refractivity contribution in [2.45, 2.75) is 56.3 Å². The van der Waals surface area contributed by atoms with Crippen LogP contribution in [0.5, 0.6) is 0 Å². The SMILES string of the molecule is N#Cc1ccc(N(C2CC2)S(=O)(=O)N2CCC(n3ncc(NCC4(F)CCCOC4)c(Cl)c3=O)CC2)cc1. The monoisotopic (exact) mass is 564 g/mol. The van der Waals surface area contributed by atoms with E-state index in [1.807, 2.05) is 6.07 Å². The van der Waals surface area contributed by atoms with E-state index in [2.05, 4.69) is 10.4 Å². The van der Waals surface area contributed by atoms with Gasteiger partial charge in [0.05, 0.1) is 48.4 Å². The van der Waals surface area contributed by atoms with E-state index in [0.29, 0.717) is 43.5 Å². The van der Waals surface area contributed by atoms with Gasteiger partial charge in [0, 0.05) is 25.7 Å². The molecule has 3 fully saturated rings. The van der Waals surface area contributed by atoms with Crippen LogP contribution in [0.25, 0.3) is 0 Å². The third-order valence-electron chi connectivity index (χ3n) is 7.29. The lowest BCUT2D eigenvalue weighted by Crippen LogP contribution is -2.49. The summed E-state index contributed by atoms with van der Waals surface area (Å²) in [5, 5.41) is 16.2. The van der Waals surface area contributed by atoms with Crippen LogP contribution in [0, 0.1) is 11.3 Å². The van der Waals surface area contributed by atoms with E-state index < -0.39 is 21.4 Å². The maximum Gasteiger partial charge on any atom is 0.304 e. The van der Waals surface area contributed by atoms with Gasteiger partial charge in [0.1, 0.15) is 5.02 Å². The molecular formula is C25H30ClFN6O4S. The molecule has 1 saturated carbocycles. The molecule has 0 amide bonds. The first kappa shape index (κ1) is 26.9. The summed E-state index contributed by atoms with van der Waals surface area (Å²) in [6.07, 6.45) is 4.77. The number of hydrogen-bond donors (Lipinski definition) is 1. The van der Waals surface area contributed by atoms with E-state index in [1.165, 1.54) is 19.5 Å². The van der Waals surface area contributed by atoms with Crippen molar-refractivity contribution in [3.63, 3.8) is 0 Å². The second-order valence-corrected chi connectivity index (χ2v) is 12.3. The fourth-order valence-electron chi connectivity index (χ4n) is 5.01. The number of aromatic nitrogens is 2. The first-order chi connectivity index (χ1) is 18.2. The standard InChI is InChI=1S/C25H30ClFN6O4S/c26-23-22(29-16-25(27)10-1-13-37-17-25)15-30-32(24(23)34)19-8-11-31(12-9-19)38(35,36)33(21-6-7-21)20-4-2-18(14-28)3-5-20/h2-5,15,19,21,29H,1,6-13,16-17H2. The second-order valence-electron chi connectivity index (χ2n) is 10.1. The number of halogens is 2. The van der Waals surface area contributed by atoms with Crippen LogP contribution in [0.4, 0.5) is 15.8 Å². The van der Waals surface area contributed by atoms with Crippen molar-refractivity contribution >= 4 is 33.2 Å². The van der Waals surface area contributed by atoms with Gasteiger partial charge in [0.2, 0.25) is 0 Å². The minimum atomic E-state index is -3.79. The molecule has 3 aliphatic rings. The van der Waals surface area contributed by atoms with Gasteiger partial charge in [-0.1, -0.05) is 11.6 Å². The molecule has 5 rings (SSSR count). The molecule has 38 heavy (non-hydrogen) atoms. The minimum Gasteiger partial charge on any atom is -0.379 e. The third-order valence-corrected chi connectivity index (χ3v) is 9.68. The minimum absolute atomic E-state index is 0.00700. The molecule has 3 heterocycles. The van der Waals surface area contributed by atoms with Gasteiger partial charge < -0.3 is 10.1 Å². The fourth-order valence-corrected chi connectivity index (χ4v) is 7.10. The van der Waals surface area contributed by atoms with Crippen LogP contribution >= 0.6 is 11.6 Å². The van der Waals surface area contributed by atoms with Crippen LogP contribution in [0.15, 0.2) is 35.3 Å². The summed E-state index contributed by atoms with van der Waals surface area (Å²) >= 11 is 6.33. The number of hydrogen-bond acceptors (Lipinski definition) is 7. The molecule has 2 saturated heterocycles. The molecule has 1 N–H and O–H groups in total. The predicted molar refractivity (Wildman–Crippen MR) is 141 cm³/mol. The zero-order valence-corrected chi connectivity index (χ0v) is 22.4. The van der Waals surface area contributed by atoms with Crippen molar-refractivity contribution in [2.24, 2.45) is 0 Å². The number of benzene rings is 1. The lowest BCUT2D eigenvalue weighted by Gasteiger charge is -2.36. The van der Waals surface area contributed by atoms with Crippen molar-refractivity contribution in [3.05, 3.63) is 51.4 Å². The van der Waals surface area contributed by atoms with E-state index in [0.717, 1.165) is 12.8 Å². The van der Waals surface area contributed by atoms with Gasteiger partial charge in [-0.3, -0.25) is 9.10 Å². The Balaban J connectivity index is 1.25. The van der Waals surface area contributed by atoms with Gasteiger partial charge in [-0.05, 0) is 62.8 Å². The van der Waals surface area contributed by atoms with Gasteiger partial charge in [-0.2, -0.15) is 23.1 Å². The van der Waals surface area contributed by atoms with E-state index in [9.17, 15) is 17.6 Å². The Morgan fingerprint density at radius 3 is 2.55 bits per heavy atom. The molecule has 1 atom stereocenters. The maximum absolute atomic E-state index is 14.8. The molecule has 2 aromatic rings. The van der Waals surface area contributed by atoms with Gasteiger partial charge in [0.15, 0.2) is 5.67 Å². The van der Waals surface area contributed by atoms with E-state index in [4.69, 9.17) is 21.6 Å². The molecule has 1 aliphatic carbocycles. The topological polar surface area (TPSA) is 121 Å². The van der Waals surface area contributed by atoms with Crippen molar-refractivity contribution in [1.29, 1.82) is 5.26 Å². The number of piperidine rings is 1. The molecule has 0 spiro atoms. The molecule has 204 valence electrons. The Bertz CT molecular complexity index is 1360. The van der Waals surface area contributed by atoms with Gasteiger partial charge in [0.25, 0.3) is 5.56 Å². The average molecular weight is 565 g/mol. The van der Waals surface area contributed by atoms with Crippen molar-refractivity contribution in [1.82, 2.24) is 14.1 Å². The Kier molecular flexibility index (Phi) is 7.64. The van der Waals surface area contributed by atoms with Crippen molar-refractivity contribution in [3.8, 4) is 6.07 Å². The lowest BCUT2D eigenvalue weighted by atomic mass is 9.99. The Morgan fingerprint density at radius 2 is 1.95 bits per heavy atom. The summed E-state index contributed by atoms with van der Waals surface area (Å²) in [6.45, 7) is 0.946. The largest absolute Gasteiger partial charge is 0.379 e. The number of nitrogens with one attached hydrogen (secondary N) is 1. The predicted octanol–water partition coefficient (Wildman–Crippen LogP) is 3.25. The number of anilines is 2. The average Bonchev–Trinajstić information content (AvgIpc) is 3.75. The second kappa shape index (κ2) is 10.8. The van der Waals surface area contributed by atoms with Crippen LogP contribution in [-0.4, -0.2) is 67.1 Å². The first-order valence-electron chi connectivity index (χ1n) is 12.8. The Hall–Kier alpha value is -2.72. The third kappa shape index (κ3) is 5.52. The molecule has 1 aromatic carbocycles. The van der Waals surface area contributed by atoms with Gasteiger partial charge in [-0.25, -0.2) is 9.07 Å². The molecule has 0 radical (unpaired) electrons. The van der Waals surface area contributed by atoms with E-state index in [-0.39, 0.29) is 49.0 Å². The summed E-state index contributed by atoms with van der Waals surface area (Å²) < 4.78 is 51.4. The highest BCUT2D eigenvalue weighted by atomic mass is 35.5. The molecule has 2 aliphatic heterocycles. The van der Waals surface area contributed by atoms with Crippen LogP contribution in [0.1, 0.15) is 50.1 Å². The molecule has 1 aromatic heterocycles. The first-order valence-corrected chi connectivity index (χ1v) is 14.6. The summed E-state index contributed by atoms with van der Waals surface area (Å²) in [6, 6.07) is 8.18. The van der Waals surface area contributed by atoms with Crippen LogP contribution in [0.2, 0.25) is 5.02 Å². The highest BCUT2D eigenvalue weighted by Crippen LogP contribution is 2.37. The van der Waals surface area contributed by atoms with Crippen molar-refractivity contribution < 1.29 is 17.5 Å². The van der Waals surface area contributed by atoms with Crippen LogP contribution < -0.4 is 15.2 Å². The number of ether oxygens (including phenoxy) is 1. The van der Waals surface area contributed by atoms with Gasteiger partial charge in [-0.15, -0.1) is 0 Å². The lowest BCUT2D eigenvalue weighted by molar-refractivity contribution is -0.0234. The Labute approximate surface area is 226 Å². The zero-order chi connectivity index (χ0) is 26.9. The van der Waals surface area contributed by atoms with Gasteiger partial charge >= 0.3 is 10.2 Å².